The second-order valence-electron chi connectivity index (χ2n) is 7.06. The van der Waals surface area contributed by atoms with E-state index in [-0.39, 0.29) is 5.91 Å². The number of hydrogen-bond donors (Lipinski definition) is 1. The fourth-order valence-electron chi connectivity index (χ4n) is 3.16. The molecule has 1 aliphatic rings. The van der Waals surface area contributed by atoms with Crippen LogP contribution in [0.15, 0.2) is 63.1 Å². The lowest BCUT2D eigenvalue weighted by Gasteiger charge is -2.15. The molecule has 0 bridgehead atoms. The minimum Gasteiger partial charge on any atom is -0.457 e. The van der Waals surface area contributed by atoms with Crippen LogP contribution in [-0.4, -0.2) is 11.0 Å². The predicted octanol–water partition coefficient (Wildman–Crippen LogP) is 5.90. The summed E-state index contributed by atoms with van der Waals surface area (Å²) in [6.07, 6.45) is 1.69. The quantitative estimate of drug-likeness (QED) is 0.385. The van der Waals surface area contributed by atoms with Gasteiger partial charge >= 0.3 is 0 Å². The number of carbonyl (C=O) groups excluding carboxylic acids is 1. The van der Waals surface area contributed by atoms with Crippen molar-refractivity contribution in [2.24, 2.45) is 0 Å². The maximum atomic E-state index is 12.9. The van der Waals surface area contributed by atoms with Gasteiger partial charge in [-0.3, -0.25) is 9.69 Å². The molecule has 0 unspecified atom stereocenters. The third-order valence-electron chi connectivity index (χ3n) is 4.98. The van der Waals surface area contributed by atoms with Gasteiger partial charge in [0, 0.05) is 16.1 Å². The van der Waals surface area contributed by atoms with Crippen molar-refractivity contribution in [3.05, 3.63) is 81.2 Å². The highest BCUT2D eigenvalue weighted by molar-refractivity contribution is 9.10. The van der Waals surface area contributed by atoms with Crippen molar-refractivity contribution in [2.75, 3.05) is 4.90 Å². The summed E-state index contributed by atoms with van der Waals surface area (Å²) in [6, 6.07) is 15.6. The smallest absolute Gasteiger partial charge is 0.281 e. The summed E-state index contributed by atoms with van der Waals surface area (Å²) < 4.78 is 6.99. The molecule has 2 aromatic carbocycles. The van der Waals surface area contributed by atoms with Crippen LogP contribution in [0.3, 0.4) is 0 Å². The molecule has 0 spiro atoms. The monoisotopic (exact) mass is 466 g/mol. The van der Waals surface area contributed by atoms with E-state index in [4.69, 9.17) is 16.6 Å². The highest BCUT2D eigenvalue weighted by Crippen LogP contribution is 2.29. The molecule has 0 saturated carbocycles. The molecular formula is C23H19BrN2O2S. The third kappa shape index (κ3) is 3.78. The van der Waals surface area contributed by atoms with Crippen LogP contribution in [0.25, 0.3) is 17.4 Å². The zero-order chi connectivity index (χ0) is 20.7. The average Bonchev–Trinajstić information content (AvgIpc) is 3.25. The van der Waals surface area contributed by atoms with Crippen LogP contribution in [-0.2, 0) is 4.79 Å². The van der Waals surface area contributed by atoms with Crippen molar-refractivity contribution in [2.45, 2.75) is 20.8 Å². The van der Waals surface area contributed by atoms with E-state index in [1.807, 2.05) is 63.2 Å². The number of amides is 1. The summed E-state index contributed by atoms with van der Waals surface area (Å²) >= 11 is 8.90. The summed E-state index contributed by atoms with van der Waals surface area (Å²) in [5.74, 6) is 1.13. The van der Waals surface area contributed by atoms with Gasteiger partial charge in [-0.05, 0) is 86.1 Å². The highest BCUT2D eigenvalue weighted by atomic mass is 79.9. The lowest BCUT2D eigenvalue weighted by Crippen LogP contribution is -2.30. The van der Waals surface area contributed by atoms with E-state index in [0.29, 0.717) is 16.6 Å². The number of halogens is 1. The van der Waals surface area contributed by atoms with E-state index in [2.05, 4.69) is 27.3 Å². The Labute approximate surface area is 183 Å². The van der Waals surface area contributed by atoms with Gasteiger partial charge in [0.2, 0.25) is 0 Å². The molecule has 1 N–H and O–H groups in total. The number of benzene rings is 2. The molecule has 1 amide bonds. The first kappa shape index (κ1) is 19.6. The Morgan fingerprint density at radius 3 is 2.52 bits per heavy atom. The lowest BCUT2D eigenvalue weighted by atomic mass is 10.1. The molecule has 0 radical (unpaired) electrons. The number of thiocarbonyl (C=S) groups is 1. The van der Waals surface area contributed by atoms with Crippen molar-refractivity contribution >= 4 is 50.9 Å². The number of nitrogens with one attached hydrogen (secondary N) is 1. The van der Waals surface area contributed by atoms with E-state index in [1.54, 1.807) is 6.08 Å². The van der Waals surface area contributed by atoms with Gasteiger partial charge in [0.15, 0.2) is 5.11 Å². The van der Waals surface area contributed by atoms with Gasteiger partial charge < -0.3 is 9.73 Å². The predicted molar refractivity (Wildman–Crippen MR) is 124 cm³/mol. The van der Waals surface area contributed by atoms with Crippen molar-refractivity contribution in [3.63, 3.8) is 0 Å². The van der Waals surface area contributed by atoms with Gasteiger partial charge in [0.05, 0.1) is 5.69 Å². The van der Waals surface area contributed by atoms with Crippen molar-refractivity contribution in [1.82, 2.24) is 5.32 Å². The van der Waals surface area contributed by atoms with Gasteiger partial charge in [-0.1, -0.05) is 28.1 Å². The number of rotatable bonds is 3. The van der Waals surface area contributed by atoms with Crippen molar-refractivity contribution < 1.29 is 9.21 Å². The number of nitrogens with zero attached hydrogens (tertiary/aromatic N) is 1. The Morgan fingerprint density at radius 1 is 1.00 bits per heavy atom. The fourth-order valence-corrected chi connectivity index (χ4v) is 3.70. The molecule has 0 atom stereocenters. The standard InChI is InChI=1S/C23H19BrN2O2S/c1-13-4-6-17(11-14(13)2)26-22(27)20(25-23(26)29)12-18-7-9-21(28-18)16-5-8-19(24)15(3)10-16/h4-12H,1-3H3,(H,25,29)/b20-12-. The lowest BCUT2D eigenvalue weighted by molar-refractivity contribution is -0.113. The first-order valence-corrected chi connectivity index (χ1v) is 10.3. The number of carbonyl (C=O) groups is 1. The van der Waals surface area contributed by atoms with Crippen LogP contribution in [0.2, 0.25) is 0 Å². The largest absolute Gasteiger partial charge is 0.457 e. The average molecular weight is 467 g/mol. The third-order valence-corrected chi connectivity index (χ3v) is 6.16. The van der Waals surface area contributed by atoms with Crippen LogP contribution in [0, 0.1) is 20.8 Å². The normalized spacial score (nSPS) is 15.3. The molecule has 2 heterocycles. The zero-order valence-corrected chi connectivity index (χ0v) is 18.6. The second kappa shape index (κ2) is 7.61. The molecule has 146 valence electrons. The van der Waals surface area contributed by atoms with Crippen LogP contribution in [0.1, 0.15) is 22.5 Å². The maximum Gasteiger partial charge on any atom is 0.281 e. The van der Waals surface area contributed by atoms with E-state index in [0.717, 1.165) is 32.6 Å². The minimum atomic E-state index is -0.198. The summed E-state index contributed by atoms with van der Waals surface area (Å²) in [4.78, 5) is 14.4. The Hall–Kier alpha value is -2.70. The van der Waals surface area contributed by atoms with Gasteiger partial charge in [-0.2, -0.15) is 0 Å². The zero-order valence-electron chi connectivity index (χ0n) is 16.2. The van der Waals surface area contributed by atoms with E-state index >= 15 is 0 Å². The second-order valence-corrected chi connectivity index (χ2v) is 8.30. The Balaban J connectivity index is 1.61. The summed E-state index contributed by atoms with van der Waals surface area (Å²) in [5.41, 5.74) is 5.53. The molecule has 0 aliphatic carbocycles. The van der Waals surface area contributed by atoms with Crippen molar-refractivity contribution in [1.29, 1.82) is 0 Å². The van der Waals surface area contributed by atoms with Gasteiger partial charge in [0.1, 0.15) is 17.2 Å². The summed E-state index contributed by atoms with van der Waals surface area (Å²) in [6.45, 7) is 6.08. The van der Waals surface area contributed by atoms with Crippen LogP contribution < -0.4 is 10.2 Å². The molecule has 4 nitrogen and oxygen atoms in total. The Morgan fingerprint density at radius 2 is 1.79 bits per heavy atom. The number of furan rings is 1. The Kier molecular flexibility index (Phi) is 5.15. The SMILES string of the molecule is Cc1ccc(N2C(=O)/C(=C/c3ccc(-c4ccc(Br)c(C)c4)o3)NC2=S)cc1C. The van der Waals surface area contributed by atoms with Gasteiger partial charge in [0.25, 0.3) is 5.91 Å². The molecule has 29 heavy (non-hydrogen) atoms. The molecule has 1 fully saturated rings. The van der Waals surface area contributed by atoms with E-state index in [9.17, 15) is 4.79 Å². The highest BCUT2D eigenvalue weighted by Gasteiger charge is 2.32. The number of aryl methyl sites for hydroxylation is 3. The maximum absolute atomic E-state index is 12.9. The molecule has 4 rings (SSSR count). The first-order valence-electron chi connectivity index (χ1n) is 9.14. The molecule has 6 heteroatoms. The minimum absolute atomic E-state index is 0.198. The van der Waals surface area contributed by atoms with E-state index < -0.39 is 0 Å². The first-order chi connectivity index (χ1) is 13.8. The topological polar surface area (TPSA) is 45.5 Å². The molecular weight excluding hydrogens is 448 g/mol. The van der Waals surface area contributed by atoms with Crippen LogP contribution >= 0.6 is 28.1 Å². The van der Waals surface area contributed by atoms with E-state index in [1.165, 1.54) is 10.5 Å². The Bertz CT molecular complexity index is 1180. The molecule has 1 aromatic heterocycles. The number of hydrogen-bond acceptors (Lipinski definition) is 3. The van der Waals surface area contributed by atoms with Crippen molar-refractivity contribution in [3.8, 4) is 11.3 Å². The molecule has 1 aliphatic heterocycles. The molecule has 1 saturated heterocycles. The summed E-state index contributed by atoms with van der Waals surface area (Å²) in [5, 5.41) is 3.36. The van der Waals surface area contributed by atoms with Crippen LogP contribution in [0.4, 0.5) is 5.69 Å². The van der Waals surface area contributed by atoms with Gasteiger partial charge in [-0.25, -0.2) is 0 Å². The fraction of sp³-hybridized carbons (Fsp3) is 0.130. The number of anilines is 1. The molecule has 3 aromatic rings. The van der Waals surface area contributed by atoms with Crippen LogP contribution in [0.5, 0.6) is 0 Å². The summed E-state index contributed by atoms with van der Waals surface area (Å²) in [7, 11) is 0. The van der Waals surface area contributed by atoms with Gasteiger partial charge in [-0.15, -0.1) is 0 Å².